The van der Waals surface area contributed by atoms with Gasteiger partial charge >= 0.3 is 0 Å². The molecule has 0 aliphatic heterocycles. The van der Waals surface area contributed by atoms with Crippen LogP contribution in [0.1, 0.15) is 12.8 Å². The largest absolute Gasteiger partial charge is 0.375 e. The lowest BCUT2D eigenvalue weighted by Gasteiger charge is -2.12. The molecule has 0 bridgehead atoms. The van der Waals surface area contributed by atoms with Crippen LogP contribution in [0.2, 0.25) is 0 Å². The lowest BCUT2D eigenvalue weighted by molar-refractivity contribution is 0.0145. The van der Waals surface area contributed by atoms with Gasteiger partial charge < -0.3 is 4.74 Å². The van der Waals surface area contributed by atoms with Gasteiger partial charge in [0.15, 0.2) is 0 Å². The monoisotopic (exact) mass is 192 g/mol. The molecule has 0 aromatic rings. The van der Waals surface area contributed by atoms with Crippen molar-refractivity contribution in [1.29, 1.82) is 0 Å². The molecule has 0 saturated carbocycles. The van der Waals surface area contributed by atoms with Crippen molar-refractivity contribution in [2.75, 3.05) is 13.2 Å². The average molecular weight is 192 g/mol. The molecule has 1 unspecified atom stereocenters. The topological polar surface area (TPSA) is 47.3 Å². The number of halogens is 2. The maximum absolute atomic E-state index is 11.6. The highest BCUT2D eigenvalue weighted by Gasteiger charge is 2.06. The summed E-state index contributed by atoms with van der Waals surface area (Å²) in [5.41, 5.74) is 2.48. The van der Waals surface area contributed by atoms with Crippen LogP contribution in [0.25, 0.3) is 0 Å². The normalized spacial score (nSPS) is 12.8. The van der Waals surface area contributed by atoms with Gasteiger partial charge in [0.1, 0.15) is 6.61 Å². The Morgan fingerprint density at radius 3 is 2.69 bits per heavy atom. The molecule has 5 heteroatoms. The van der Waals surface area contributed by atoms with Crippen molar-refractivity contribution in [3.05, 3.63) is 0 Å². The van der Waals surface area contributed by atoms with Crippen LogP contribution in [-0.4, -0.2) is 25.7 Å². The minimum Gasteiger partial charge on any atom is -0.375 e. The molecule has 0 saturated heterocycles. The number of rotatable bonds is 7. The number of hydrogen-bond donors (Lipinski definition) is 2. The number of ether oxygens (including phenoxy) is 1. The average Bonchev–Trinajstić information content (AvgIpc) is 2.10. The van der Waals surface area contributed by atoms with Crippen LogP contribution in [0.15, 0.2) is 0 Å². The van der Waals surface area contributed by atoms with Crippen molar-refractivity contribution >= 4 is 0 Å². The summed E-state index contributed by atoms with van der Waals surface area (Å²) in [7, 11) is 0. The fourth-order valence-electron chi connectivity index (χ4n) is 0.785. The van der Waals surface area contributed by atoms with E-state index in [1.807, 2.05) is 0 Å². The van der Waals surface area contributed by atoms with Gasteiger partial charge in [0, 0.05) is 19.1 Å². The molecule has 13 heavy (non-hydrogen) atoms. The van der Waals surface area contributed by atoms with E-state index in [0.717, 1.165) is 0 Å². The van der Waals surface area contributed by atoms with E-state index in [2.05, 4.69) is 16.1 Å². The Morgan fingerprint density at radius 2 is 2.23 bits per heavy atom. The summed E-state index contributed by atoms with van der Waals surface area (Å²) in [6.45, 7) is -0.297. The molecule has 76 valence electrons. The van der Waals surface area contributed by atoms with Gasteiger partial charge in [-0.3, -0.25) is 11.3 Å². The quantitative estimate of drug-likeness (QED) is 0.267. The first-order chi connectivity index (χ1) is 6.20. The second kappa shape index (κ2) is 7.92. The highest BCUT2D eigenvalue weighted by atomic mass is 19.3. The lowest BCUT2D eigenvalue weighted by Crippen LogP contribution is -2.35. The maximum atomic E-state index is 11.6. The van der Waals surface area contributed by atoms with Gasteiger partial charge in [0.25, 0.3) is 6.43 Å². The second-order valence-electron chi connectivity index (χ2n) is 2.53. The number of hydrazine groups is 1. The maximum Gasteiger partial charge on any atom is 0.261 e. The Labute approximate surface area is 76.6 Å². The summed E-state index contributed by atoms with van der Waals surface area (Å²) in [6, 6.07) is -0.0670. The predicted octanol–water partition coefficient (Wildman–Crippen LogP) is 0.513. The molecule has 0 rings (SSSR count). The molecular weight excluding hydrogens is 178 g/mol. The van der Waals surface area contributed by atoms with Crippen LogP contribution in [-0.2, 0) is 4.74 Å². The summed E-state index contributed by atoms with van der Waals surface area (Å²) in [6.07, 6.45) is 3.63. The minimum atomic E-state index is -2.42. The molecule has 0 amide bonds. The third-order valence-corrected chi connectivity index (χ3v) is 1.45. The van der Waals surface area contributed by atoms with Gasteiger partial charge in [0.2, 0.25) is 0 Å². The highest BCUT2D eigenvalue weighted by Crippen LogP contribution is 1.98. The summed E-state index contributed by atoms with van der Waals surface area (Å²) < 4.78 is 27.8. The van der Waals surface area contributed by atoms with Crippen LogP contribution in [0.4, 0.5) is 8.78 Å². The van der Waals surface area contributed by atoms with Gasteiger partial charge in [-0.1, -0.05) is 0 Å². The van der Waals surface area contributed by atoms with Crippen LogP contribution < -0.4 is 11.3 Å². The predicted molar refractivity (Wildman–Crippen MR) is 46.0 cm³/mol. The number of terminal acetylenes is 1. The second-order valence-corrected chi connectivity index (χ2v) is 2.53. The molecule has 3 N–H and O–H groups in total. The Morgan fingerprint density at radius 1 is 1.54 bits per heavy atom. The van der Waals surface area contributed by atoms with E-state index in [0.29, 0.717) is 12.8 Å². The summed E-state index contributed by atoms with van der Waals surface area (Å²) >= 11 is 0. The fraction of sp³-hybridized carbons (Fsp3) is 0.750. The molecule has 0 spiro atoms. The molecule has 0 heterocycles. The Balaban J connectivity index is 3.34. The molecule has 0 aliphatic carbocycles. The SMILES string of the molecule is C#CCC(CCOCC(F)F)NN. The van der Waals surface area contributed by atoms with E-state index in [-0.39, 0.29) is 12.6 Å². The van der Waals surface area contributed by atoms with Crippen molar-refractivity contribution in [3.8, 4) is 12.3 Å². The van der Waals surface area contributed by atoms with E-state index in [1.54, 1.807) is 0 Å². The van der Waals surface area contributed by atoms with E-state index >= 15 is 0 Å². The lowest BCUT2D eigenvalue weighted by atomic mass is 10.2. The smallest absolute Gasteiger partial charge is 0.261 e. The molecule has 0 fully saturated rings. The zero-order chi connectivity index (χ0) is 10.1. The van der Waals surface area contributed by atoms with Crippen molar-refractivity contribution in [2.45, 2.75) is 25.3 Å². The number of nitrogens with one attached hydrogen (secondary N) is 1. The van der Waals surface area contributed by atoms with E-state index in [4.69, 9.17) is 12.3 Å². The summed E-state index contributed by atoms with van der Waals surface area (Å²) in [5.74, 6) is 7.57. The molecule has 3 nitrogen and oxygen atoms in total. The molecular formula is C8H14F2N2O. The van der Waals surface area contributed by atoms with Crippen LogP contribution >= 0.6 is 0 Å². The van der Waals surface area contributed by atoms with Gasteiger partial charge in [-0.15, -0.1) is 12.3 Å². The van der Waals surface area contributed by atoms with Crippen LogP contribution in [0, 0.1) is 12.3 Å². The molecule has 0 aromatic heterocycles. The summed E-state index contributed by atoms with van der Waals surface area (Å²) in [5, 5.41) is 0. The molecule has 0 aromatic carbocycles. The van der Waals surface area contributed by atoms with Gasteiger partial charge in [-0.05, 0) is 6.42 Å². The van der Waals surface area contributed by atoms with Crippen LogP contribution in [0.3, 0.4) is 0 Å². The van der Waals surface area contributed by atoms with E-state index < -0.39 is 13.0 Å². The summed E-state index contributed by atoms with van der Waals surface area (Å²) in [4.78, 5) is 0. The van der Waals surface area contributed by atoms with E-state index in [9.17, 15) is 8.78 Å². The number of hydrogen-bond acceptors (Lipinski definition) is 3. The first-order valence-corrected chi connectivity index (χ1v) is 3.96. The zero-order valence-corrected chi connectivity index (χ0v) is 7.30. The van der Waals surface area contributed by atoms with Crippen molar-refractivity contribution < 1.29 is 13.5 Å². The van der Waals surface area contributed by atoms with Crippen molar-refractivity contribution in [1.82, 2.24) is 5.43 Å². The third kappa shape index (κ3) is 7.65. The van der Waals surface area contributed by atoms with Gasteiger partial charge in [-0.2, -0.15) is 0 Å². The van der Waals surface area contributed by atoms with Crippen molar-refractivity contribution in [3.63, 3.8) is 0 Å². The highest BCUT2D eigenvalue weighted by molar-refractivity contribution is 4.88. The minimum absolute atomic E-state index is 0.0670. The van der Waals surface area contributed by atoms with E-state index in [1.165, 1.54) is 0 Å². The number of nitrogens with two attached hydrogens (primary N) is 1. The molecule has 0 aliphatic rings. The Hall–Kier alpha value is -0.700. The number of alkyl halides is 2. The van der Waals surface area contributed by atoms with Crippen LogP contribution in [0.5, 0.6) is 0 Å². The zero-order valence-electron chi connectivity index (χ0n) is 7.30. The van der Waals surface area contributed by atoms with Gasteiger partial charge in [-0.25, -0.2) is 8.78 Å². The fourth-order valence-corrected chi connectivity index (χ4v) is 0.785. The first-order valence-electron chi connectivity index (χ1n) is 3.96. The Bertz CT molecular complexity index is 159. The first kappa shape index (κ1) is 12.3. The molecule has 0 radical (unpaired) electrons. The Kier molecular flexibility index (Phi) is 7.50. The molecule has 1 atom stereocenters. The standard InChI is InChI=1S/C8H14F2N2O/c1-2-3-7(12-11)4-5-13-6-8(9)10/h1,7-8,12H,3-6,11H2. The van der Waals surface area contributed by atoms with Gasteiger partial charge in [0.05, 0.1) is 0 Å². The third-order valence-electron chi connectivity index (χ3n) is 1.45. The van der Waals surface area contributed by atoms with Crippen molar-refractivity contribution in [2.24, 2.45) is 5.84 Å².